The van der Waals surface area contributed by atoms with E-state index >= 15 is 0 Å². The average molecular weight is 433 g/mol. The molecule has 0 aliphatic carbocycles. The fraction of sp³-hybridized carbons (Fsp3) is 0.667. The predicted octanol–water partition coefficient (Wildman–Crippen LogP) is 2.99. The molecule has 1 saturated heterocycles. The number of ether oxygens (including phenoxy) is 1. The number of carbonyl (C=O) groups excluding carboxylic acids is 2. The summed E-state index contributed by atoms with van der Waals surface area (Å²) in [5.74, 6) is 0.0700. The van der Waals surface area contributed by atoms with Crippen molar-refractivity contribution in [2.75, 3.05) is 33.2 Å². The van der Waals surface area contributed by atoms with Gasteiger partial charge in [0.2, 0.25) is 5.91 Å². The highest BCUT2D eigenvalue weighted by atomic mass is 16.6. The average Bonchev–Trinajstić information content (AvgIpc) is 2.66. The normalized spacial score (nSPS) is 16.7. The molecule has 1 unspecified atom stereocenters. The molecule has 0 bridgehead atoms. The first-order valence-corrected chi connectivity index (χ1v) is 11.3. The molecule has 2 rings (SSSR count). The highest BCUT2D eigenvalue weighted by Gasteiger charge is 2.25. The van der Waals surface area contributed by atoms with Crippen molar-refractivity contribution >= 4 is 12.0 Å². The second kappa shape index (κ2) is 11.5. The molecule has 1 heterocycles. The molecule has 7 nitrogen and oxygen atoms in total. The van der Waals surface area contributed by atoms with Crippen LogP contribution in [0.15, 0.2) is 24.3 Å². The molecule has 2 amide bonds. The molecule has 1 aliphatic heterocycles. The quantitative estimate of drug-likeness (QED) is 0.661. The molecule has 1 aliphatic rings. The molecule has 7 heteroatoms. The van der Waals surface area contributed by atoms with Crippen LogP contribution in [0.5, 0.6) is 0 Å². The number of nitrogens with one attached hydrogen (secondary N) is 2. The minimum atomic E-state index is -0.619. The number of likely N-dealkylation sites (N-methyl/N-ethyl adjacent to an activating group) is 1. The van der Waals surface area contributed by atoms with Crippen LogP contribution in [0.2, 0.25) is 0 Å². The molecule has 0 radical (unpaired) electrons. The van der Waals surface area contributed by atoms with Gasteiger partial charge in [0.05, 0.1) is 0 Å². The molecule has 31 heavy (non-hydrogen) atoms. The van der Waals surface area contributed by atoms with Crippen LogP contribution in [0.1, 0.15) is 52.2 Å². The van der Waals surface area contributed by atoms with Crippen molar-refractivity contribution in [1.29, 1.82) is 0 Å². The second-order valence-electron chi connectivity index (χ2n) is 9.94. The van der Waals surface area contributed by atoms with Crippen LogP contribution in [0.25, 0.3) is 0 Å². The van der Waals surface area contributed by atoms with Gasteiger partial charge in [-0.25, -0.2) is 4.79 Å². The van der Waals surface area contributed by atoms with Crippen LogP contribution in [-0.4, -0.2) is 66.7 Å². The fourth-order valence-electron chi connectivity index (χ4n) is 3.49. The van der Waals surface area contributed by atoms with Gasteiger partial charge >= 0.3 is 6.09 Å². The summed E-state index contributed by atoms with van der Waals surface area (Å²) in [6.07, 6.45) is -0.0174. The maximum absolute atomic E-state index is 12.7. The zero-order valence-electron chi connectivity index (χ0n) is 20.0. The van der Waals surface area contributed by atoms with Gasteiger partial charge < -0.3 is 20.3 Å². The zero-order valence-corrected chi connectivity index (χ0v) is 20.0. The third kappa shape index (κ3) is 9.70. The lowest BCUT2D eigenvalue weighted by atomic mass is 10.0. The largest absolute Gasteiger partial charge is 0.444 e. The lowest BCUT2D eigenvalue weighted by Gasteiger charge is -2.32. The Balaban J connectivity index is 1.85. The minimum Gasteiger partial charge on any atom is -0.444 e. The molecule has 2 N–H and O–H groups in total. The van der Waals surface area contributed by atoms with E-state index in [0.717, 1.165) is 38.3 Å². The summed E-state index contributed by atoms with van der Waals surface area (Å²) >= 11 is 0. The number of nitrogens with zero attached hydrogens (tertiary/aromatic N) is 2. The Hall–Kier alpha value is -2.12. The summed E-state index contributed by atoms with van der Waals surface area (Å²) in [5.41, 5.74) is 1.72. The minimum absolute atomic E-state index is 0.193. The molecular weight excluding hydrogens is 392 g/mol. The van der Waals surface area contributed by atoms with E-state index in [0.29, 0.717) is 13.0 Å². The van der Waals surface area contributed by atoms with E-state index in [1.54, 1.807) is 20.8 Å². The molecule has 1 aromatic carbocycles. The van der Waals surface area contributed by atoms with Crippen molar-refractivity contribution < 1.29 is 14.3 Å². The molecule has 0 saturated carbocycles. The Labute approximate surface area is 187 Å². The SMILES string of the molecule is CC(C)CC(NC(=O)OC(C)(C)C)C(=O)NCc1ccc(CN2CCN(C)CC2)cc1. The first-order valence-electron chi connectivity index (χ1n) is 11.3. The molecule has 174 valence electrons. The van der Waals surface area contributed by atoms with Gasteiger partial charge in [0.15, 0.2) is 0 Å². The Bertz CT molecular complexity index is 705. The summed E-state index contributed by atoms with van der Waals surface area (Å²) < 4.78 is 5.31. The molecular formula is C24H40N4O3. The number of piperazine rings is 1. The highest BCUT2D eigenvalue weighted by molar-refractivity contribution is 5.85. The highest BCUT2D eigenvalue weighted by Crippen LogP contribution is 2.12. The summed E-state index contributed by atoms with van der Waals surface area (Å²) in [6.45, 7) is 15.2. The Kier molecular flexibility index (Phi) is 9.32. The van der Waals surface area contributed by atoms with Gasteiger partial charge in [0.1, 0.15) is 11.6 Å². The molecule has 0 aromatic heterocycles. The van der Waals surface area contributed by atoms with Crippen LogP contribution in [0, 0.1) is 5.92 Å². The molecule has 1 fully saturated rings. The van der Waals surface area contributed by atoms with E-state index in [2.05, 4.69) is 51.7 Å². The van der Waals surface area contributed by atoms with Crippen LogP contribution < -0.4 is 10.6 Å². The Morgan fingerprint density at radius 1 is 1.03 bits per heavy atom. The van der Waals surface area contributed by atoms with Gasteiger partial charge in [0, 0.05) is 39.3 Å². The summed E-state index contributed by atoms with van der Waals surface area (Å²) in [4.78, 5) is 29.7. The van der Waals surface area contributed by atoms with E-state index < -0.39 is 17.7 Å². The van der Waals surface area contributed by atoms with Crippen molar-refractivity contribution in [3.63, 3.8) is 0 Å². The summed E-state index contributed by atoms with van der Waals surface area (Å²) in [7, 11) is 2.16. The first kappa shape index (κ1) is 25.1. The zero-order chi connectivity index (χ0) is 23.0. The van der Waals surface area contributed by atoms with Gasteiger partial charge in [-0.2, -0.15) is 0 Å². The number of carbonyl (C=O) groups is 2. The first-order chi connectivity index (χ1) is 14.5. The number of hydrogen-bond donors (Lipinski definition) is 2. The van der Waals surface area contributed by atoms with Crippen molar-refractivity contribution in [2.24, 2.45) is 5.92 Å². The number of alkyl carbamates (subject to hydrolysis) is 1. The van der Waals surface area contributed by atoms with Crippen LogP contribution in [0.3, 0.4) is 0 Å². The van der Waals surface area contributed by atoms with Gasteiger partial charge in [-0.05, 0) is 51.3 Å². The van der Waals surface area contributed by atoms with Gasteiger partial charge in [-0.1, -0.05) is 38.1 Å². The summed E-state index contributed by atoms with van der Waals surface area (Å²) in [5, 5.41) is 5.67. The predicted molar refractivity (Wildman–Crippen MR) is 124 cm³/mol. The van der Waals surface area contributed by atoms with Crippen LogP contribution in [-0.2, 0) is 22.6 Å². The molecule has 1 atom stereocenters. The number of amides is 2. The second-order valence-corrected chi connectivity index (χ2v) is 9.94. The van der Waals surface area contributed by atoms with Crippen LogP contribution in [0.4, 0.5) is 4.79 Å². The van der Waals surface area contributed by atoms with Gasteiger partial charge in [-0.15, -0.1) is 0 Å². The molecule has 1 aromatic rings. The lowest BCUT2D eigenvalue weighted by molar-refractivity contribution is -0.123. The maximum Gasteiger partial charge on any atom is 0.408 e. The standard InChI is InChI=1S/C24H40N4O3/c1-18(2)15-21(26-23(30)31-24(3,4)5)22(29)25-16-19-7-9-20(10-8-19)17-28-13-11-27(6)12-14-28/h7-10,18,21H,11-17H2,1-6H3,(H,25,29)(H,26,30). The lowest BCUT2D eigenvalue weighted by Crippen LogP contribution is -2.48. The van der Waals surface area contributed by atoms with Crippen molar-refractivity contribution in [1.82, 2.24) is 20.4 Å². The van der Waals surface area contributed by atoms with E-state index in [1.165, 1.54) is 5.56 Å². The van der Waals surface area contributed by atoms with Gasteiger partial charge in [0.25, 0.3) is 0 Å². The monoisotopic (exact) mass is 432 g/mol. The fourth-order valence-corrected chi connectivity index (χ4v) is 3.49. The van der Waals surface area contributed by atoms with Crippen LogP contribution >= 0.6 is 0 Å². The molecule has 0 spiro atoms. The number of hydrogen-bond acceptors (Lipinski definition) is 5. The smallest absolute Gasteiger partial charge is 0.408 e. The Morgan fingerprint density at radius 3 is 2.16 bits per heavy atom. The third-order valence-electron chi connectivity index (χ3n) is 5.21. The van der Waals surface area contributed by atoms with Crippen molar-refractivity contribution in [3.05, 3.63) is 35.4 Å². The number of benzene rings is 1. The van der Waals surface area contributed by atoms with Crippen molar-refractivity contribution in [2.45, 2.75) is 65.8 Å². The van der Waals surface area contributed by atoms with Gasteiger partial charge in [-0.3, -0.25) is 9.69 Å². The summed E-state index contributed by atoms with van der Waals surface area (Å²) in [6, 6.07) is 7.76. The van der Waals surface area contributed by atoms with E-state index in [1.807, 2.05) is 13.8 Å². The maximum atomic E-state index is 12.7. The Morgan fingerprint density at radius 2 is 1.61 bits per heavy atom. The van der Waals surface area contributed by atoms with E-state index in [-0.39, 0.29) is 11.8 Å². The topological polar surface area (TPSA) is 73.9 Å². The third-order valence-corrected chi connectivity index (χ3v) is 5.21. The van der Waals surface area contributed by atoms with Crippen molar-refractivity contribution in [3.8, 4) is 0 Å². The van der Waals surface area contributed by atoms with E-state index in [4.69, 9.17) is 4.74 Å². The number of rotatable bonds is 8. The van der Waals surface area contributed by atoms with E-state index in [9.17, 15) is 9.59 Å².